The van der Waals surface area contributed by atoms with Crippen molar-refractivity contribution < 1.29 is 0 Å². The molecule has 0 bridgehead atoms. The van der Waals surface area contributed by atoms with Crippen LogP contribution in [0.25, 0.3) is 0 Å². The molecular weight excluding hydrogens is 172 g/mol. The van der Waals surface area contributed by atoms with Crippen molar-refractivity contribution in [1.29, 1.82) is 0 Å². The molecule has 0 unspecified atom stereocenters. The van der Waals surface area contributed by atoms with Gasteiger partial charge < -0.3 is 0 Å². The number of aromatic nitrogens is 2. The van der Waals surface area contributed by atoms with Crippen LogP contribution in [0.1, 0.15) is 29.8 Å². The van der Waals surface area contributed by atoms with Gasteiger partial charge in [-0.05, 0) is 49.8 Å². The van der Waals surface area contributed by atoms with Gasteiger partial charge >= 0.3 is 0 Å². The number of hydrogen-bond donors (Lipinski definition) is 0. The molecular formula is C9H11ClN2. The van der Waals surface area contributed by atoms with Crippen LogP contribution in [-0.2, 0) is 12.8 Å². The number of halogens is 1. The number of aryl methyl sites for hydroxylation is 2. The zero-order valence-electron chi connectivity index (χ0n) is 7.10. The van der Waals surface area contributed by atoms with Gasteiger partial charge in [-0.3, -0.25) is 0 Å². The Morgan fingerprint density at radius 1 is 1.17 bits per heavy atom. The fraction of sp³-hybridized carbons (Fsp3) is 0.556. The molecule has 0 aliphatic heterocycles. The smallest absolute Gasteiger partial charge is 0.222 e. The summed E-state index contributed by atoms with van der Waals surface area (Å²) in [6, 6.07) is 0. The van der Waals surface area contributed by atoms with Crippen LogP contribution in [-0.4, -0.2) is 9.97 Å². The van der Waals surface area contributed by atoms with E-state index < -0.39 is 0 Å². The molecule has 0 atom stereocenters. The van der Waals surface area contributed by atoms with Crippen molar-refractivity contribution in [2.24, 2.45) is 0 Å². The van der Waals surface area contributed by atoms with E-state index in [0.29, 0.717) is 5.28 Å². The molecule has 1 aliphatic carbocycles. The zero-order chi connectivity index (χ0) is 8.55. The van der Waals surface area contributed by atoms with Crippen molar-refractivity contribution in [3.63, 3.8) is 0 Å². The van der Waals surface area contributed by atoms with Crippen LogP contribution >= 0.6 is 11.6 Å². The first kappa shape index (κ1) is 7.99. The highest BCUT2D eigenvalue weighted by Gasteiger charge is 2.14. The maximum atomic E-state index is 5.76. The van der Waals surface area contributed by atoms with Crippen LogP contribution < -0.4 is 0 Å². The van der Waals surface area contributed by atoms with Crippen molar-refractivity contribution >= 4 is 11.6 Å². The van der Waals surface area contributed by atoms with Gasteiger partial charge in [-0.15, -0.1) is 0 Å². The molecule has 0 aromatic carbocycles. The molecule has 0 radical (unpaired) electrons. The maximum Gasteiger partial charge on any atom is 0.222 e. The Kier molecular flexibility index (Phi) is 2.01. The summed E-state index contributed by atoms with van der Waals surface area (Å²) in [5, 5.41) is 0.396. The summed E-state index contributed by atoms with van der Waals surface area (Å²) < 4.78 is 0. The van der Waals surface area contributed by atoms with Crippen LogP contribution in [0, 0.1) is 6.92 Å². The molecule has 2 rings (SSSR count). The van der Waals surface area contributed by atoms with Crippen molar-refractivity contribution in [2.75, 3.05) is 0 Å². The van der Waals surface area contributed by atoms with E-state index in [1.807, 2.05) is 6.92 Å². The highest BCUT2D eigenvalue weighted by atomic mass is 35.5. The fourth-order valence-corrected chi connectivity index (χ4v) is 1.97. The zero-order valence-corrected chi connectivity index (χ0v) is 7.86. The van der Waals surface area contributed by atoms with E-state index in [1.165, 1.54) is 24.1 Å². The Morgan fingerprint density at radius 3 is 2.75 bits per heavy atom. The van der Waals surface area contributed by atoms with E-state index in [1.54, 1.807) is 0 Å². The number of fused-ring (bicyclic) bond motifs is 1. The third kappa shape index (κ3) is 1.31. The van der Waals surface area contributed by atoms with E-state index >= 15 is 0 Å². The second kappa shape index (κ2) is 3.02. The third-order valence-corrected chi connectivity index (χ3v) is 2.53. The van der Waals surface area contributed by atoms with Gasteiger partial charge in [-0.2, -0.15) is 0 Å². The minimum Gasteiger partial charge on any atom is -0.223 e. The van der Waals surface area contributed by atoms with E-state index in [0.717, 1.165) is 18.5 Å². The molecule has 12 heavy (non-hydrogen) atoms. The summed E-state index contributed by atoms with van der Waals surface area (Å²) in [6.45, 7) is 2.01. The topological polar surface area (TPSA) is 25.8 Å². The molecule has 0 N–H and O–H groups in total. The minimum atomic E-state index is 0.396. The van der Waals surface area contributed by atoms with Crippen molar-refractivity contribution in [3.8, 4) is 0 Å². The lowest BCUT2D eigenvalue weighted by atomic mass is 9.95. The van der Waals surface area contributed by atoms with E-state index in [4.69, 9.17) is 11.6 Å². The van der Waals surface area contributed by atoms with Gasteiger partial charge in [0.1, 0.15) is 0 Å². The van der Waals surface area contributed by atoms with E-state index in [2.05, 4.69) is 9.97 Å². The van der Waals surface area contributed by atoms with E-state index in [9.17, 15) is 0 Å². The van der Waals surface area contributed by atoms with Crippen LogP contribution in [0.3, 0.4) is 0 Å². The monoisotopic (exact) mass is 182 g/mol. The molecule has 0 amide bonds. The summed E-state index contributed by atoms with van der Waals surface area (Å²) in [5.74, 6) is 0. The average Bonchev–Trinajstić information content (AvgIpc) is 2.04. The Balaban J connectivity index is 2.53. The molecule has 3 heteroatoms. The Morgan fingerprint density at radius 2 is 1.92 bits per heavy atom. The van der Waals surface area contributed by atoms with Crippen molar-refractivity contribution in [3.05, 3.63) is 22.2 Å². The summed E-state index contributed by atoms with van der Waals surface area (Å²) >= 11 is 5.76. The second-order valence-electron chi connectivity index (χ2n) is 3.21. The first-order valence-electron chi connectivity index (χ1n) is 4.29. The predicted molar refractivity (Wildman–Crippen MR) is 48.4 cm³/mol. The molecule has 1 aromatic heterocycles. The lowest BCUT2D eigenvalue weighted by Crippen LogP contribution is -2.09. The molecule has 0 saturated carbocycles. The van der Waals surface area contributed by atoms with Crippen molar-refractivity contribution in [1.82, 2.24) is 9.97 Å². The standard InChI is InChI=1S/C9H11ClN2/c1-6-7-4-2-3-5-8(7)12-9(10)11-6/h2-5H2,1H3. The maximum absolute atomic E-state index is 5.76. The van der Waals surface area contributed by atoms with Crippen LogP contribution in [0.2, 0.25) is 5.28 Å². The summed E-state index contributed by atoms with van der Waals surface area (Å²) in [4.78, 5) is 8.37. The first-order chi connectivity index (χ1) is 5.77. The second-order valence-corrected chi connectivity index (χ2v) is 3.55. The molecule has 0 spiro atoms. The Labute approximate surface area is 77.0 Å². The lowest BCUT2D eigenvalue weighted by molar-refractivity contribution is 0.656. The molecule has 2 nitrogen and oxygen atoms in total. The van der Waals surface area contributed by atoms with Gasteiger partial charge in [0.15, 0.2) is 0 Å². The summed E-state index contributed by atoms with van der Waals surface area (Å²) in [5.41, 5.74) is 3.55. The van der Waals surface area contributed by atoms with Crippen LogP contribution in [0.5, 0.6) is 0 Å². The third-order valence-electron chi connectivity index (χ3n) is 2.36. The fourth-order valence-electron chi connectivity index (χ4n) is 1.74. The van der Waals surface area contributed by atoms with Crippen molar-refractivity contribution in [2.45, 2.75) is 32.6 Å². The molecule has 0 fully saturated rings. The highest BCUT2D eigenvalue weighted by Crippen LogP contribution is 2.22. The highest BCUT2D eigenvalue weighted by molar-refractivity contribution is 6.28. The normalized spacial score (nSPS) is 15.8. The van der Waals surface area contributed by atoms with Crippen LogP contribution in [0.4, 0.5) is 0 Å². The quantitative estimate of drug-likeness (QED) is 0.576. The number of hydrogen-bond acceptors (Lipinski definition) is 2. The Bertz CT molecular complexity index is 310. The number of nitrogens with zero attached hydrogens (tertiary/aromatic N) is 2. The van der Waals surface area contributed by atoms with Crippen LogP contribution in [0.15, 0.2) is 0 Å². The lowest BCUT2D eigenvalue weighted by Gasteiger charge is -2.15. The molecule has 1 heterocycles. The van der Waals surface area contributed by atoms with Gasteiger partial charge in [0.2, 0.25) is 5.28 Å². The molecule has 0 saturated heterocycles. The van der Waals surface area contributed by atoms with Gasteiger partial charge in [-0.1, -0.05) is 0 Å². The number of rotatable bonds is 0. The average molecular weight is 183 g/mol. The first-order valence-corrected chi connectivity index (χ1v) is 4.67. The predicted octanol–water partition coefficient (Wildman–Crippen LogP) is 2.32. The molecule has 64 valence electrons. The SMILES string of the molecule is Cc1nc(Cl)nc2c1CCCC2. The van der Waals surface area contributed by atoms with Gasteiger partial charge in [0.25, 0.3) is 0 Å². The van der Waals surface area contributed by atoms with Gasteiger partial charge in [0, 0.05) is 11.4 Å². The van der Waals surface area contributed by atoms with Gasteiger partial charge in [-0.25, -0.2) is 9.97 Å². The van der Waals surface area contributed by atoms with Gasteiger partial charge in [0.05, 0.1) is 0 Å². The van der Waals surface area contributed by atoms with E-state index in [-0.39, 0.29) is 0 Å². The molecule has 1 aliphatic rings. The Hall–Kier alpha value is -0.630. The summed E-state index contributed by atoms with van der Waals surface area (Å²) in [6.07, 6.45) is 4.69. The largest absolute Gasteiger partial charge is 0.223 e. The minimum absolute atomic E-state index is 0.396. The molecule has 1 aromatic rings. The summed E-state index contributed by atoms with van der Waals surface area (Å²) in [7, 11) is 0.